The molecule has 0 unspecified atom stereocenters. The van der Waals surface area contributed by atoms with Crippen molar-refractivity contribution in [3.8, 4) is 11.5 Å². The van der Waals surface area contributed by atoms with Gasteiger partial charge < -0.3 is 15.3 Å². The van der Waals surface area contributed by atoms with E-state index in [0.717, 1.165) is 11.1 Å². The molecule has 0 fully saturated rings. The van der Waals surface area contributed by atoms with E-state index in [1.165, 1.54) is 16.4 Å². The number of ketones is 1. The Bertz CT molecular complexity index is 1050. The second-order valence-electron chi connectivity index (χ2n) is 6.24. The van der Waals surface area contributed by atoms with Gasteiger partial charge in [-0.25, -0.2) is 10.1 Å². The molecule has 0 spiro atoms. The number of hydrazone groups is 1. The van der Waals surface area contributed by atoms with Gasteiger partial charge in [0.25, 0.3) is 5.95 Å². The highest BCUT2D eigenvalue weighted by Gasteiger charge is 2.13. The van der Waals surface area contributed by atoms with E-state index in [1.807, 2.05) is 25.1 Å². The standard InChI is InChI=1S/C20H22N6O3S/c1-13-4-7-15(8-5-13)16(27)12-30-20-25-24-19(26(20)21)23-22-11-14-6-9-17(28-2)18(10-14)29-3/h4-11H,12,21H2,1-3H3,(H,23,24)/b22-11+. The van der Waals surface area contributed by atoms with Gasteiger partial charge in [0.05, 0.1) is 26.2 Å². The number of methoxy groups -OCH3 is 2. The van der Waals surface area contributed by atoms with Gasteiger partial charge in [0.15, 0.2) is 17.3 Å². The molecule has 3 rings (SSSR count). The van der Waals surface area contributed by atoms with Gasteiger partial charge in [-0.1, -0.05) is 41.6 Å². The van der Waals surface area contributed by atoms with Crippen LogP contribution in [0.2, 0.25) is 0 Å². The molecule has 0 atom stereocenters. The minimum atomic E-state index is -0.0102. The number of nitrogens with zero attached hydrogens (tertiary/aromatic N) is 4. The quantitative estimate of drug-likeness (QED) is 0.176. The maximum absolute atomic E-state index is 12.3. The number of hydrogen-bond acceptors (Lipinski definition) is 9. The van der Waals surface area contributed by atoms with Gasteiger partial charge in [0, 0.05) is 5.56 Å². The van der Waals surface area contributed by atoms with Crippen LogP contribution in [-0.4, -0.2) is 46.8 Å². The highest BCUT2D eigenvalue weighted by atomic mass is 32.2. The minimum Gasteiger partial charge on any atom is -0.493 e. The summed E-state index contributed by atoms with van der Waals surface area (Å²) in [4.78, 5) is 12.3. The van der Waals surface area contributed by atoms with E-state index in [0.29, 0.717) is 22.2 Å². The first-order valence-corrected chi connectivity index (χ1v) is 9.94. The zero-order valence-corrected chi connectivity index (χ0v) is 17.6. The molecule has 10 heteroatoms. The third-order valence-electron chi connectivity index (χ3n) is 4.16. The predicted molar refractivity (Wildman–Crippen MR) is 117 cm³/mol. The molecule has 0 saturated carbocycles. The molecule has 156 valence electrons. The molecule has 1 heterocycles. The Hall–Kier alpha value is -3.53. The van der Waals surface area contributed by atoms with Crippen molar-refractivity contribution < 1.29 is 14.3 Å². The van der Waals surface area contributed by atoms with Crippen molar-refractivity contribution >= 4 is 29.7 Å². The van der Waals surface area contributed by atoms with Gasteiger partial charge in [-0.3, -0.25) is 4.79 Å². The Balaban J connectivity index is 1.59. The number of hydrogen-bond donors (Lipinski definition) is 2. The van der Waals surface area contributed by atoms with Crippen molar-refractivity contribution in [1.82, 2.24) is 14.9 Å². The molecule has 3 aromatic rings. The number of aromatic nitrogens is 3. The fourth-order valence-electron chi connectivity index (χ4n) is 2.50. The second-order valence-corrected chi connectivity index (χ2v) is 7.18. The summed E-state index contributed by atoms with van der Waals surface area (Å²) in [6.45, 7) is 1.97. The lowest BCUT2D eigenvalue weighted by Crippen LogP contribution is -2.14. The first kappa shape index (κ1) is 21.2. The summed E-state index contributed by atoms with van der Waals surface area (Å²) in [6, 6.07) is 12.8. The minimum absolute atomic E-state index is 0.0102. The summed E-state index contributed by atoms with van der Waals surface area (Å²) in [5, 5.41) is 12.5. The van der Waals surface area contributed by atoms with E-state index in [9.17, 15) is 4.79 Å². The van der Waals surface area contributed by atoms with Crippen molar-refractivity contribution in [1.29, 1.82) is 0 Å². The number of nitrogens with two attached hydrogens (primary N) is 1. The van der Waals surface area contributed by atoms with Crippen molar-refractivity contribution in [3.63, 3.8) is 0 Å². The van der Waals surface area contributed by atoms with E-state index >= 15 is 0 Å². The van der Waals surface area contributed by atoms with Gasteiger partial charge in [0.1, 0.15) is 0 Å². The monoisotopic (exact) mass is 426 g/mol. The molecule has 2 aromatic carbocycles. The summed E-state index contributed by atoms with van der Waals surface area (Å²) in [5.41, 5.74) is 5.28. The zero-order chi connectivity index (χ0) is 21.5. The highest BCUT2D eigenvalue weighted by Crippen LogP contribution is 2.27. The predicted octanol–water partition coefficient (Wildman–Crippen LogP) is 2.74. The number of carbonyl (C=O) groups excluding carboxylic acids is 1. The summed E-state index contributed by atoms with van der Waals surface area (Å²) in [7, 11) is 3.14. The van der Waals surface area contributed by atoms with E-state index in [-0.39, 0.29) is 17.5 Å². The molecule has 0 aliphatic carbocycles. The lowest BCUT2D eigenvalue weighted by molar-refractivity contribution is 0.102. The SMILES string of the molecule is COc1ccc(/C=N/Nc2nnc(SCC(=O)c3ccc(C)cc3)n2N)cc1OC. The number of ether oxygens (including phenoxy) is 2. The van der Waals surface area contributed by atoms with Gasteiger partial charge >= 0.3 is 0 Å². The lowest BCUT2D eigenvalue weighted by atomic mass is 10.1. The summed E-state index contributed by atoms with van der Waals surface area (Å²) in [5.74, 6) is 7.66. The fourth-order valence-corrected chi connectivity index (χ4v) is 3.25. The van der Waals surface area contributed by atoms with Crippen LogP contribution in [0.25, 0.3) is 0 Å². The third kappa shape index (κ3) is 5.09. The molecule has 1 aromatic heterocycles. The molecule has 0 saturated heterocycles. The van der Waals surface area contributed by atoms with Crippen LogP contribution in [0.1, 0.15) is 21.5 Å². The Morgan fingerprint density at radius 3 is 2.60 bits per heavy atom. The molecule has 30 heavy (non-hydrogen) atoms. The van der Waals surface area contributed by atoms with Crippen LogP contribution in [-0.2, 0) is 0 Å². The number of rotatable bonds is 9. The van der Waals surface area contributed by atoms with Crippen molar-refractivity contribution in [2.45, 2.75) is 12.1 Å². The van der Waals surface area contributed by atoms with E-state index in [4.69, 9.17) is 15.3 Å². The fraction of sp³-hybridized carbons (Fsp3) is 0.200. The maximum atomic E-state index is 12.3. The highest BCUT2D eigenvalue weighted by molar-refractivity contribution is 7.99. The summed E-state index contributed by atoms with van der Waals surface area (Å²) in [6.07, 6.45) is 1.59. The van der Waals surface area contributed by atoms with Crippen LogP contribution in [0.5, 0.6) is 11.5 Å². The lowest BCUT2D eigenvalue weighted by Gasteiger charge is -2.07. The number of carbonyl (C=O) groups is 1. The van der Waals surface area contributed by atoms with E-state index < -0.39 is 0 Å². The molecule has 0 aliphatic rings. The molecule has 3 N–H and O–H groups in total. The zero-order valence-electron chi connectivity index (χ0n) is 16.8. The topological polar surface area (TPSA) is 117 Å². The third-order valence-corrected chi connectivity index (χ3v) is 5.10. The van der Waals surface area contributed by atoms with Crippen LogP contribution >= 0.6 is 11.8 Å². The number of aryl methyl sites for hydroxylation is 1. The second kappa shape index (κ2) is 9.79. The van der Waals surface area contributed by atoms with Crippen molar-refractivity contribution in [2.75, 3.05) is 31.2 Å². The Morgan fingerprint density at radius 2 is 1.90 bits per heavy atom. The average Bonchev–Trinajstić information content (AvgIpc) is 3.11. The maximum Gasteiger partial charge on any atom is 0.264 e. The first-order valence-electron chi connectivity index (χ1n) is 8.96. The van der Waals surface area contributed by atoms with Crippen molar-refractivity contribution in [3.05, 3.63) is 59.2 Å². The molecule has 0 amide bonds. The van der Waals surface area contributed by atoms with Crippen molar-refractivity contribution in [2.24, 2.45) is 5.10 Å². The van der Waals surface area contributed by atoms with Crippen LogP contribution in [0.15, 0.2) is 52.7 Å². The van der Waals surface area contributed by atoms with Gasteiger partial charge in [-0.2, -0.15) is 5.10 Å². The number of anilines is 1. The number of nitrogen functional groups attached to an aromatic ring is 1. The summed E-state index contributed by atoms with van der Waals surface area (Å²) < 4.78 is 11.7. The smallest absolute Gasteiger partial charge is 0.264 e. The molecule has 0 radical (unpaired) electrons. The van der Waals surface area contributed by atoms with E-state index in [2.05, 4.69) is 20.7 Å². The summed E-state index contributed by atoms with van der Waals surface area (Å²) >= 11 is 1.21. The normalized spacial score (nSPS) is 10.9. The Labute approximate surface area is 178 Å². The molecule has 0 bridgehead atoms. The first-order chi connectivity index (χ1) is 14.5. The Kier molecular flexibility index (Phi) is 6.91. The van der Waals surface area contributed by atoms with Gasteiger partial charge in [-0.15, -0.1) is 10.2 Å². The average molecular weight is 427 g/mol. The van der Waals surface area contributed by atoms with Crippen LogP contribution in [0, 0.1) is 6.92 Å². The Morgan fingerprint density at radius 1 is 1.17 bits per heavy atom. The molecule has 9 nitrogen and oxygen atoms in total. The molecular formula is C20H22N6O3S. The number of Topliss-reactive ketones (excluding diaryl/α,β-unsaturated/α-hetero) is 1. The number of thioether (sulfide) groups is 1. The number of nitrogens with one attached hydrogen (secondary N) is 1. The molecule has 0 aliphatic heterocycles. The van der Waals surface area contributed by atoms with Crippen LogP contribution in [0.4, 0.5) is 5.95 Å². The molecular weight excluding hydrogens is 404 g/mol. The van der Waals surface area contributed by atoms with Gasteiger partial charge in [0.2, 0.25) is 5.16 Å². The number of benzene rings is 2. The largest absolute Gasteiger partial charge is 0.493 e. The van der Waals surface area contributed by atoms with Crippen LogP contribution < -0.4 is 20.7 Å². The van der Waals surface area contributed by atoms with Gasteiger partial charge in [-0.05, 0) is 30.7 Å². The van der Waals surface area contributed by atoms with Crippen LogP contribution in [0.3, 0.4) is 0 Å². The van der Waals surface area contributed by atoms with E-state index in [1.54, 1.807) is 44.7 Å².